The van der Waals surface area contributed by atoms with Crippen molar-refractivity contribution in [3.8, 4) is 0 Å². The number of rotatable bonds is 14. The summed E-state index contributed by atoms with van der Waals surface area (Å²) in [6.45, 7) is 10.3. The number of unbranched alkanes of at least 4 members (excludes halogenated alkanes) is 5. The molecule has 0 heterocycles. The molecule has 2 atom stereocenters. The summed E-state index contributed by atoms with van der Waals surface area (Å²) in [4.78, 5) is 2.58. The van der Waals surface area contributed by atoms with Gasteiger partial charge in [0, 0.05) is 11.4 Å². The molecule has 2 nitrogen and oxygen atoms in total. The maximum atomic E-state index is 6.35. The Hall–Kier alpha value is 0.270. The van der Waals surface area contributed by atoms with E-state index in [2.05, 4.69) is 45.9 Å². The summed E-state index contributed by atoms with van der Waals surface area (Å²) in [5.41, 5.74) is 6.38. The van der Waals surface area contributed by atoms with Crippen molar-refractivity contribution in [3.05, 3.63) is 0 Å². The molecule has 0 aromatic carbocycles. The Labute approximate surface area is 142 Å². The molecule has 22 heavy (non-hydrogen) atoms. The Morgan fingerprint density at radius 2 is 1.59 bits per heavy atom. The third-order valence-corrected chi connectivity index (χ3v) is 8.74. The first-order valence-electron chi connectivity index (χ1n) is 9.47. The Balaban J connectivity index is 4.02. The highest BCUT2D eigenvalue weighted by atomic mass is 32.3. The van der Waals surface area contributed by atoms with Crippen molar-refractivity contribution in [1.29, 1.82) is 0 Å². The van der Waals surface area contributed by atoms with Crippen molar-refractivity contribution in [2.24, 2.45) is 5.73 Å². The molecule has 0 spiro atoms. The third-order valence-electron chi connectivity index (χ3n) is 5.10. The van der Waals surface area contributed by atoms with Gasteiger partial charge in [-0.2, -0.15) is 0 Å². The van der Waals surface area contributed by atoms with E-state index in [1.165, 1.54) is 68.9 Å². The van der Waals surface area contributed by atoms with E-state index in [0.717, 1.165) is 6.42 Å². The van der Waals surface area contributed by atoms with Crippen LogP contribution in [0.4, 0.5) is 0 Å². The summed E-state index contributed by atoms with van der Waals surface area (Å²) in [7, 11) is 1.79. The number of hydrogen-bond donors (Lipinski definition) is 1. The van der Waals surface area contributed by atoms with Gasteiger partial charge in [-0.1, -0.05) is 52.9 Å². The lowest BCUT2D eigenvalue weighted by atomic mass is 9.97. The van der Waals surface area contributed by atoms with Crippen molar-refractivity contribution in [3.63, 3.8) is 0 Å². The van der Waals surface area contributed by atoms with Crippen molar-refractivity contribution >= 4 is 10.0 Å². The second-order valence-electron chi connectivity index (χ2n) is 7.71. The van der Waals surface area contributed by atoms with Gasteiger partial charge in [0.2, 0.25) is 0 Å². The van der Waals surface area contributed by atoms with E-state index in [0.29, 0.717) is 0 Å². The van der Waals surface area contributed by atoms with Gasteiger partial charge in [0.05, 0.1) is 0 Å². The standard InChI is InChI=1S/C19H44N2S/c1-7-10-11-12-13-14-16-21(5)18-22(6,9-3)17-15-19(4,20)8-2/h7-18,20H2,1-6H3. The Morgan fingerprint density at radius 1 is 1.00 bits per heavy atom. The fraction of sp³-hybridized carbons (Fsp3) is 1.00. The van der Waals surface area contributed by atoms with Crippen LogP contribution in [0.15, 0.2) is 0 Å². The summed E-state index contributed by atoms with van der Waals surface area (Å²) >= 11 is 0. The zero-order valence-corrected chi connectivity index (χ0v) is 17.2. The van der Waals surface area contributed by atoms with Crippen LogP contribution in [0.5, 0.6) is 0 Å². The topological polar surface area (TPSA) is 29.3 Å². The highest BCUT2D eigenvalue weighted by Crippen LogP contribution is 2.45. The average molecular weight is 333 g/mol. The molecule has 0 aliphatic heterocycles. The first kappa shape index (κ1) is 22.3. The maximum absolute atomic E-state index is 6.35. The molecule has 0 bridgehead atoms. The van der Waals surface area contributed by atoms with E-state index in [1.54, 1.807) is 0 Å². The second kappa shape index (κ2) is 11.8. The maximum Gasteiger partial charge on any atom is 0.0284 e. The Bertz CT molecular complexity index is 268. The number of nitrogens with two attached hydrogens (primary N) is 1. The molecule has 0 amide bonds. The van der Waals surface area contributed by atoms with Crippen LogP contribution in [0.25, 0.3) is 0 Å². The summed E-state index contributed by atoms with van der Waals surface area (Å²) in [5, 5.41) is 0. The first-order chi connectivity index (χ1) is 10.3. The van der Waals surface area contributed by atoms with Crippen LogP contribution in [-0.2, 0) is 0 Å². The van der Waals surface area contributed by atoms with Gasteiger partial charge in [-0.25, -0.2) is 10.0 Å². The predicted molar refractivity (Wildman–Crippen MR) is 107 cm³/mol. The van der Waals surface area contributed by atoms with E-state index < -0.39 is 10.0 Å². The lowest BCUT2D eigenvalue weighted by Crippen LogP contribution is -2.38. The quantitative estimate of drug-likeness (QED) is 0.443. The largest absolute Gasteiger partial charge is 0.325 e. The fourth-order valence-corrected chi connectivity index (χ4v) is 5.47. The molecule has 0 aliphatic carbocycles. The fourth-order valence-electron chi connectivity index (χ4n) is 2.72. The average Bonchev–Trinajstić information content (AvgIpc) is 2.49. The van der Waals surface area contributed by atoms with Crippen LogP contribution < -0.4 is 5.73 Å². The molecule has 0 aliphatic rings. The molecule has 2 unspecified atom stereocenters. The van der Waals surface area contributed by atoms with E-state index >= 15 is 0 Å². The van der Waals surface area contributed by atoms with Gasteiger partial charge < -0.3 is 5.73 Å². The molecule has 0 rings (SSSR count). The Kier molecular flexibility index (Phi) is 11.9. The van der Waals surface area contributed by atoms with E-state index in [9.17, 15) is 0 Å². The monoisotopic (exact) mass is 332 g/mol. The molecule has 0 radical (unpaired) electrons. The van der Waals surface area contributed by atoms with Gasteiger partial charge >= 0.3 is 0 Å². The molecule has 0 aromatic heterocycles. The smallest absolute Gasteiger partial charge is 0.0284 e. The first-order valence-corrected chi connectivity index (χ1v) is 12.0. The van der Waals surface area contributed by atoms with Crippen molar-refractivity contribution < 1.29 is 0 Å². The van der Waals surface area contributed by atoms with E-state index in [-0.39, 0.29) is 5.54 Å². The third kappa shape index (κ3) is 10.9. The minimum atomic E-state index is -0.525. The molecule has 136 valence electrons. The van der Waals surface area contributed by atoms with Crippen LogP contribution >= 0.6 is 10.0 Å². The van der Waals surface area contributed by atoms with Crippen LogP contribution in [-0.4, -0.2) is 47.7 Å². The van der Waals surface area contributed by atoms with Crippen LogP contribution in [0.2, 0.25) is 0 Å². The van der Waals surface area contributed by atoms with Crippen LogP contribution in [0.1, 0.15) is 79.1 Å². The molecule has 0 saturated carbocycles. The minimum Gasteiger partial charge on any atom is -0.325 e. The summed E-state index contributed by atoms with van der Waals surface area (Å²) < 4.78 is 0. The summed E-state index contributed by atoms with van der Waals surface area (Å²) in [6, 6.07) is 0. The molecular weight excluding hydrogens is 288 g/mol. The Morgan fingerprint density at radius 3 is 2.14 bits per heavy atom. The van der Waals surface area contributed by atoms with Gasteiger partial charge in [-0.3, -0.25) is 4.90 Å². The predicted octanol–water partition coefficient (Wildman–Crippen LogP) is 5.21. The lowest BCUT2D eigenvalue weighted by Gasteiger charge is -2.40. The number of nitrogens with zero attached hydrogens (tertiary/aromatic N) is 1. The van der Waals surface area contributed by atoms with Gasteiger partial charge in [-0.15, -0.1) is 0 Å². The van der Waals surface area contributed by atoms with E-state index in [1.807, 2.05) is 0 Å². The normalized spacial score (nSPS) is 18.9. The molecule has 0 aromatic rings. The molecule has 0 fully saturated rings. The summed E-state index contributed by atoms with van der Waals surface area (Å²) in [6.07, 6.45) is 13.1. The number of hydrogen-bond acceptors (Lipinski definition) is 2. The van der Waals surface area contributed by atoms with Gasteiger partial charge in [0.1, 0.15) is 0 Å². The SMILES string of the molecule is CCCCCCCCN(C)CS(C)(CC)CCC(C)(N)CC. The lowest BCUT2D eigenvalue weighted by molar-refractivity contribution is 0.372. The highest BCUT2D eigenvalue weighted by molar-refractivity contribution is 8.33. The second-order valence-corrected chi connectivity index (χ2v) is 11.9. The minimum absolute atomic E-state index is 0.0290. The van der Waals surface area contributed by atoms with Crippen molar-refractivity contribution in [2.75, 3.05) is 37.2 Å². The van der Waals surface area contributed by atoms with Crippen molar-refractivity contribution in [1.82, 2.24) is 4.90 Å². The van der Waals surface area contributed by atoms with Gasteiger partial charge in [0.25, 0.3) is 0 Å². The van der Waals surface area contributed by atoms with Crippen LogP contribution in [0.3, 0.4) is 0 Å². The highest BCUT2D eigenvalue weighted by Gasteiger charge is 2.23. The van der Waals surface area contributed by atoms with Gasteiger partial charge in [-0.05, 0) is 57.5 Å². The molecular formula is C19H44N2S. The zero-order chi connectivity index (χ0) is 17.1. The summed E-state index contributed by atoms with van der Waals surface area (Å²) in [5.74, 6) is 3.94. The molecule has 0 saturated heterocycles. The molecule has 3 heteroatoms. The van der Waals surface area contributed by atoms with Crippen molar-refractivity contribution in [2.45, 2.75) is 84.6 Å². The molecule has 2 N–H and O–H groups in total. The zero-order valence-electron chi connectivity index (χ0n) is 16.4. The van der Waals surface area contributed by atoms with Crippen LogP contribution in [0, 0.1) is 0 Å². The van der Waals surface area contributed by atoms with Gasteiger partial charge in [0.15, 0.2) is 0 Å². The van der Waals surface area contributed by atoms with E-state index in [4.69, 9.17) is 5.73 Å².